The van der Waals surface area contributed by atoms with Crippen molar-refractivity contribution in [1.29, 1.82) is 0 Å². The molecule has 0 spiro atoms. The number of nitrogens with zero attached hydrogens (tertiary/aromatic N) is 4. The molecule has 3 aromatic rings. The molecule has 1 aromatic heterocycles. The number of thioether (sulfide) groups is 1. The second-order valence-electron chi connectivity index (χ2n) is 4.62. The van der Waals surface area contributed by atoms with Gasteiger partial charge in [0.25, 0.3) is 0 Å². The van der Waals surface area contributed by atoms with E-state index in [2.05, 4.69) is 15.5 Å². The van der Waals surface area contributed by atoms with E-state index in [9.17, 15) is 0 Å². The average molecular weight is 297 g/mol. The van der Waals surface area contributed by atoms with Gasteiger partial charge in [-0.2, -0.15) is 4.68 Å². The maximum Gasteiger partial charge on any atom is 0.166 e. The summed E-state index contributed by atoms with van der Waals surface area (Å²) in [6.45, 7) is 2.01. The van der Waals surface area contributed by atoms with Gasteiger partial charge in [-0.1, -0.05) is 30.3 Å². The molecule has 0 fully saturated rings. The Labute approximate surface area is 127 Å². The lowest BCUT2D eigenvalue weighted by molar-refractivity contribution is 0.777. The summed E-state index contributed by atoms with van der Waals surface area (Å²) in [6.07, 6.45) is 0. The van der Waals surface area contributed by atoms with E-state index >= 15 is 0 Å². The number of hydrogen-bond acceptors (Lipinski definition) is 5. The molecule has 0 aliphatic rings. The monoisotopic (exact) mass is 297 g/mol. The number of para-hydroxylation sites is 2. The van der Waals surface area contributed by atoms with Gasteiger partial charge < -0.3 is 5.73 Å². The molecule has 2 aromatic carbocycles. The first-order chi connectivity index (χ1) is 10.3. The zero-order valence-corrected chi connectivity index (χ0v) is 12.4. The van der Waals surface area contributed by atoms with E-state index in [1.807, 2.05) is 55.5 Å². The largest absolute Gasteiger partial charge is 0.398 e. The van der Waals surface area contributed by atoms with Gasteiger partial charge in [0.15, 0.2) is 5.82 Å². The van der Waals surface area contributed by atoms with Crippen LogP contribution in [0.15, 0.2) is 53.4 Å². The molecule has 0 aliphatic heterocycles. The minimum atomic E-state index is 0.662. The molecule has 0 aliphatic carbocycles. The first-order valence-electron chi connectivity index (χ1n) is 6.56. The standard InChI is InChI=1S/C15H15N5S/c1-11-6-5-9-13(15(11)16)21-10-14-17-18-19-20(14)12-7-3-2-4-8-12/h2-9H,10,16H2,1H3. The van der Waals surface area contributed by atoms with E-state index in [1.54, 1.807) is 16.4 Å². The molecule has 6 heteroatoms. The lowest BCUT2D eigenvalue weighted by Crippen LogP contribution is -2.02. The van der Waals surface area contributed by atoms with Gasteiger partial charge in [-0.25, -0.2) is 0 Å². The molecule has 0 bridgehead atoms. The van der Waals surface area contributed by atoms with E-state index < -0.39 is 0 Å². The molecular formula is C15H15N5S. The third-order valence-corrected chi connectivity index (χ3v) is 4.25. The number of nitrogen functional groups attached to an aromatic ring is 1. The second kappa shape index (κ2) is 5.97. The molecule has 0 saturated carbocycles. The summed E-state index contributed by atoms with van der Waals surface area (Å²) < 4.78 is 1.75. The van der Waals surface area contributed by atoms with Crippen molar-refractivity contribution in [2.24, 2.45) is 0 Å². The van der Waals surface area contributed by atoms with Crippen LogP contribution in [0.1, 0.15) is 11.4 Å². The van der Waals surface area contributed by atoms with Gasteiger partial charge in [0.2, 0.25) is 0 Å². The van der Waals surface area contributed by atoms with Crippen molar-refractivity contribution < 1.29 is 0 Å². The van der Waals surface area contributed by atoms with Crippen molar-refractivity contribution in [3.05, 3.63) is 59.9 Å². The normalized spacial score (nSPS) is 10.7. The highest BCUT2D eigenvalue weighted by atomic mass is 32.2. The molecule has 106 valence electrons. The molecule has 0 amide bonds. The van der Waals surface area contributed by atoms with Crippen LogP contribution >= 0.6 is 11.8 Å². The summed E-state index contributed by atoms with van der Waals surface area (Å²) in [7, 11) is 0. The van der Waals surface area contributed by atoms with Gasteiger partial charge in [0, 0.05) is 10.6 Å². The number of rotatable bonds is 4. The zero-order chi connectivity index (χ0) is 14.7. The molecule has 1 heterocycles. The van der Waals surface area contributed by atoms with E-state index in [0.29, 0.717) is 5.75 Å². The van der Waals surface area contributed by atoms with Gasteiger partial charge in [0.05, 0.1) is 11.4 Å². The number of tetrazole rings is 1. The molecule has 0 atom stereocenters. The summed E-state index contributed by atoms with van der Waals surface area (Å²) in [4.78, 5) is 1.05. The Morgan fingerprint density at radius 1 is 1.10 bits per heavy atom. The SMILES string of the molecule is Cc1cccc(SCc2nnnn2-c2ccccc2)c1N. The third kappa shape index (κ3) is 2.90. The van der Waals surface area contributed by atoms with Crippen LogP contribution in [-0.2, 0) is 5.75 Å². The highest BCUT2D eigenvalue weighted by molar-refractivity contribution is 7.98. The molecule has 0 radical (unpaired) electrons. The van der Waals surface area contributed by atoms with Crippen LogP contribution in [0, 0.1) is 6.92 Å². The van der Waals surface area contributed by atoms with Crippen LogP contribution in [0.3, 0.4) is 0 Å². The van der Waals surface area contributed by atoms with E-state index in [0.717, 1.165) is 27.7 Å². The number of anilines is 1. The van der Waals surface area contributed by atoms with Gasteiger partial charge in [0.1, 0.15) is 0 Å². The van der Waals surface area contributed by atoms with Crippen molar-refractivity contribution in [2.45, 2.75) is 17.6 Å². The lowest BCUT2D eigenvalue weighted by atomic mass is 10.2. The molecule has 2 N–H and O–H groups in total. The van der Waals surface area contributed by atoms with E-state index in [4.69, 9.17) is 5.73 Å². The summed E-state index contributed by atoms with van der Waals surface area (Å²) in [6, 6.07) is 15.9. The predicted octanol–water partition coefficient (Wildman–Crippen LogP) is 2.85. The topological polar surface area (TPSA) is 69.6 Å². The lowest BCUT2D eigenvalue weighted by Gasteiger charge is -2.08. The minimum Gasteiger partial charge on any atom is -0.398 e. The van der Waals surface area contributed by atoms with Crippen LogP contribution in [-0.4, -0.2) is 20.2 Å². The van der Waals surface area contributed by atoms with E-state index in [-0.39, 0.29) is 0 Å². The maximum absolute atomic E-state index is 6.09. The Hall–Kier alpha value is -2.34. The summed E-state index contributed by atoms with van der Waals surface area (Å²) >= 11 is 1.64. The Bertz CT molecular complexity index is 739. The van der Waals surface area contributed by atoms with Crippen molar-refractivity contribution in [3.8, 4) is 5.69 Å². The number of hydrogen-bond donors (Lipinski definition) is 1. The Morgan fingerprint density at radius 3 is 2.71 bits per heavy atom. The van der Waals surface area contributed by atoms with Crippen LogP contribution in [0.5, 0.6) is 0 Å². The summed E-state index contributed by atoms with van der Waals surface area (Å²) in [5.41, 5.74) is 8.95. The minimum absolute atomic E-state index is 0.662. The summed E-state index contributed by atoms with van der Waals surface area (Å²) in [5, 5.41) is 11.9. The van der Waals surface area contributed by atoms with Crippen LogP contribution in [0.2, 0.25) is 0 Å². The van der Waals surface area contributed by atoms with Crippen LogP contribution < -0.4 is 5.73 Å². The van der Waals surface area contributed by atoms with Gasteiger partial charge in [-0.15, -0.1) is 16.9 Å². The highest BCUT2D eigenvalue weighted by Crippen LogP contribution is 2.29. The van der Waals surface area contributed by atoms with Crippen molar-refractivity contribution in [3.63, 3.8) is 0 Å². The number of aromatic nitrogens is 4. The number of benzene rings is 2. The van der Waals surface area contributed by atoms with Crippen molar-refractivity contribution in [1.82, 2.24) is 20.2 Å². The van der Waals surface area contributed by atoms with Gasteiger partial charge in [-0.3, -0.25) is 0 Å². The van der Waals surface area contributed by atoms with Crippen molar-refractivity contribution in [2.75, 3.05) is 5.73 Å². The van der Waals surface area contributed by atoms with Crippen molar-refractivity contribution >= 4 is 17.4 Å². The molecular weight excluding hydrogens is 282 g/mol. The Balaban J connectivity index is 1.81. The number of nitrogens with two attached hydrogens (primary N) is 1. The van der Waals surface area contributed by atoms with E-state index in [1.165, 1.54) is 0 Å². The molecule has 21 heavy (non-hydrogen) atoms. The average Bonchev–Trinajstić information content (AvgIpc) is 2.98. The second-order valence-corrected chi connectivity index (χ2v) is 5.64. The number of aryl methyl sites for hydroxylation is 1. The molecule has 0 unspecified atom stereocenters. The smallest absolute Gasteiger partial charge is 0.166 e. The first kappa shape index (κ1) is 13.6. The molecule has 5 nitrogen and oxygen atoms in total. The Morgan fingerprint density at radius 2 is 1.90 bits per heavy atom. The third-order valence-electron chi connectivity index (χ3n) is 3.18. The zero-order valence-electron chi connectivity index (χ0n) is 11.6. The van der Waals surface area contributed by atoms with Crippen LogP contribution in [0.25, 0.3) is 5.69 Å². The van der Waals surface area contributed by atoms with Gasteiger partial charge >= 0.3 is 0 Å². The summed E-state index contributed by atoms with van der Waals surface area (Å²) in [5.74, 6) is 1.46. The fourth-order valence-electron chi connectivity index (χ4n) is 1.99. The molecule has 3 rings (SSSR count). The quantitative estimate of drug-likeness (QED) is 0.592. The Kier molecular flexibility index (Phi) is 3.87. The van der Waals surface area contributed by atoms with Crippen LogP contribution in [0.4, 0.5) is 5.69 Å². The predicted molar refractivity (Wildman–Crippen MR) is 84.3 cm³/mol. The highest BCUT2D eigenvalue weighted by Gasteiger charge is 2.10. The fourth-order valence-corrected chi connectivity index (χ4v) is 2.94. The fraction of sp³-hybridized carbons (Fsp3) is 0.133. The first-order valence-corrected chi connectivity index (χ1v) is 7.55. The maximum atomic E-state index is 6.09. The van der Waals surface area contributed by atoms with Gasteiger partial charge in [-0.05, 0) is 41.1 Å². The molecule has 0 saturated heterocycles.